The fourth-order valence-corrected chi connectivity index (χ4v) is 3.31. The fourth-order valence-electron chi connectivity index (χ4n) is 3.31. The van der Waals surface area contributed by atoms with Crippen LogP contribution in [0.2, 0.25) is 0 Å². The smallest absolute Gasteiger partial charge is 0.274 e. The highest BCUT2D eigenvalue weighted by Crippen LogP contribution is 2.27. The highest BCUT2D eigenvalue weighted by atomic mass is 16.2. The second-order valence-electron chi connectivity index (χ2n) is 5.57. The first kappa shape index (κ1) is 12.4. The number of hydrogen-bond donors (Lipinski definition) is 0. The van der Waals surface area contributed by atoms with Gasteiger partial charge in [-0.1, -0.05) is 0 Å². The largest absolute Gasteiger partial charge is 0.322 e. The Labute approximate surface area is 122 Å². The van der Waals surface area contributed by atoms with Gasteiger partial charge in [0.2, 0.25) is 5.91 Å². The first-order chi connectivity index (χ1) is 10.2. The molecule has 4 rings (SSSR count). The molecule has 4 heterocycles. The van der Waals surface area contributed by atoms with Gasteiger partial charge < -0.3 is 14.2 Å². The van der Waals surface area contributed by atoms with Crippen molar-refractivity contribution in [1.29, 1.82) is 0 Å². The molecule has 0 bridgehead atoms. The van der Waals surface area contributed by atoms with Crippen LogP contribution < -0.4 is 0 Å². The van der Waals surface area contributed by atoms with Gasteiger partial charge in [-0.25, -0.2) is 4.98 Å². The summed E-state index contributed by atoms with van der Waals surface area (Å²) in [6.45, 7) is 1.26. The first-order valence-electron chi connectivity index (χ1n) is 7.27. The van der Waals surface area contributed by atoms with Crippen molar-refractivity contribution >= 4 is 17.3 Å². The molecule has 0 aliphatic carbocycles. The number of rotatable bonds is 1. The molecule has 0 aromatic carbocycles. The molecule has 108 valence electrons. The van der Waals surface area contributed by atoms with Gasteiger partial charge in [0.1, 0.15) is 11.9 Å². The molecule has 2 aliphatic heterocycles. The zero-order valence-corrected chi connectivity index (χ0v) is 11.6. The van der Waals surface area contributed by atoms with E-state index >= 15 is 0 Å². The zero-order chi connectivity index (χ0) is 14.4. The number of hydrogen-bond acceptors (Lipinski definition) is 3. The molecule has 6 nitrogen and oxygen atoms in total. The summed E-state index contributed by atoms with van der Waals surface area (Å²) < 4.78 is 1.87. The van der Waals surface area contributed by atoms with Crippen LogP contribution in [-0.2, 0) is 4.79 Å². The normalized spacial score (nSPS) is 21.9. The van der Waals surface area contributed by atoms with Gasteiger partial charge >= 0.3 is 0 Å². The average Bonchev–Trinajstić information content (AvgIpc) is 3.15. The number of aromatic nitrogens is 2. The van der Waals surface area contributed by atoms with E-state index in [1.54, 1.807) is 17.3 Å². The predicted molar refractivity (Wildman–Crippen MR) is 75.6 cm³/mol. The van der Waals surface area contributed by atoms with Gasteiger partial charge in [-0.05, 0) is 31.0 Å². The van der Waals surface area contributed by atoms with Crippen LogP contribution in [0.5, 0.6) is 0 Å². The van der Waals surface area contributed by atoms with E-state index in [0.717, 1.165) is 24.9 Å². The van der Waals surface area contributed by atoms with Gasteiger partial charge in [-0.3, -0.25) is 9.59 Å². The molecule has 2 saturated heterocycles. The lowest BCUT2D eigenvalue weighted by Gasteiger charge is -2.39. The highest BCUT2D eigenvalue weighted by Gasteiger charge is 2.39. The zero-order valence-electron chi connectivity index (χ0n) is 11.6. The number of fused-ring (bicyclic) bond motifs is 2. The monoisotopic (exact) mass is 284 g/mol. The minimum Gasteiger partial charge on any atom is -0.322 e. The summed E-state index contributed by atoms with van der Waals surface area (Å²) in [5.41, 5.74) is 1.40. The summed E-state index contributed by atoms with van der Waals surface area (Å²) in [6.07, 6.45) is 5.72. The lowest BCUT2D eigenvalue weighted by Crippen LogP contribution is -2.55. The maximum Gasteiger partial charge on any atom is 0.274 e. The Morgan fingerprint density at radius 2 is 2.24 bits per heavy atom. The molecule has 0 N–H and O–H groups in total. The minimum absolute atomic E-state index is 0.0800. The second-order valence-corrected chi connectivity index (χ2v) is 5.57. The first-order valence-corrected chi connectivity index (χ1v) is 7.27. The Kier molecular flexibility index (Phi) is 2.70. The van der Waals surface area contributed by atoms with Crippen molar-refractivity contribution in [2.45, 2.75) is 25.4 Å². The topological polar surface area (TPSA) is 57.9 Å². The molecule has 2 aromatic rings. The number of amides is 2. The third-order valence-electron chi connectivity index (χ3n) is 4.37. The molecule has 0 spiro atoms. The summed E-state index contributed by atoms with van der Waals surface area (Å²) >= 11 is 0. The van der Waals surface area contributed by atoms with Crippen LogP contribution in [0.15, 0.2) is 30.7 Å². The second kappa shape index (κ2) is 4.58. The molecule has 0 radical (unpaired) electrons. The van der Waals surface area contributed by atoms with Crippen molar-refractivity contribution in [2.75, 3.05) is 13.1 Å². The van der Waals surface area contributed by atoms with Crippen molar-refractivity contribution in [2.24, 2.45) is 0 Å². The van der Waals surface area contributed by atoms with Crippen molar-refractivity contribution in [3.63, 3.8) is 0 Å². The lowest BCUT2D eigenvalue weighted by molar-refractivity contribution is -0.139. The molecule has 2 fully saturated rings. The maximum atomic E-state index is 12.7. The van der Waals surface area contributed by atoms with Crippen molar-refractivity contribution in [1.82, 2.24) is 19.2 Å². The molecule has 2 amide bonds. The Balaban J connectivity index is 1.65. The van der Waals surface area contributed by atoms with Crippen LogP contribution in [-0.4, -0.2) is 50.3 Å². The maximum absolute atomic E-state index is 12.7. The Hall–Kier alpha value is -2.37. The van der Waals surface area contributed by atoms with E-state index in [0.29, 0.717) is 18.7 Å². The van der Waals surface area contributed by atoms with E-state index in [1.807, 2.05) is 27.6 Å². The minimum atomic E-state index is -0.0805. The third-order valence-corrected chi connectivity index (χ3v) is 4.37. The van der Waals surface area contributed by atoms with Gasteiger partial charge in [0.25, 0.3) is 5.91 Å². The summed E-state index contributed by atoms with van der Waals surface area (Å²) in [5, 5.41) is 0. The third kappa shape index (κ3) is 1.90. The van der Waals surface area contributed by atoms with E-state index in [-0.39, 0.29) is 18.0 Å². The molecule has 1 atom stereocenters. The summed E-state index contributed by atoms with van der Waals surface area (Å²) in [7, 11) is 0. The van der Waals surface area contributed by atoms with E-state index in [4.69, 9.17) is 0 Å². The van der Waals surface area contributed by atoms with E-state index in [1.165, 1.54) is 0 Å². The average molecular weight is 284 g/mol. The lowest BCUT2D eigenvalue weighted by atomic mass is 10.2. The molecule has 2 aromatic heterocycles. The highest BCUT2D eigenvalue weighted by molar-refractivity contribution is 5.94. The molecule has 21 heavy (non-hydrogen) atoms. The van der Waals surface area contributed by atoms with Gasteiger partial charge in [-0.15, -0.1) is 0 Å². The standard InChI is InChI=1S/C15H16N4O2/c20-14-5-8-19(13-4-2-7-18(13)14)15(21)12-9-11-3-1-6-17(11)10-16-12/h1,3,6,9-10,13H,2,4-5,7-8H2. The van der Waals surface area contributed by atoms with Gasteiger partial charge in [0, 0.05) is 31.2 Å². The predicted octanol–water partition coefficient (Wildman–Crippen LogP) is 1.13. The van der Waals surface area contributed by atoms with Crippen molar-refractivity contribution < 1.29 is 9.59 Å². The van der Waals surface area contributed by atoms with E-state index < -0.39 is 0 Å². The number of carbonyl (C=O) groups excluding carboxylic acids is 2. The fraction of sp³-hybridized carbons (Fsp3) is 0.400. The van der Waals surface area contributed by atoms with Gasteiger partial charge in [-0.2, -0.15) is 0 Å². The SMILES string of the molecule is O=C1CCN(C(=O)c2cc3cccn3cn2)C2CCCN12. The number of carbonyl (C=O) groups is 2. The Bertz CT molecular complexity index is 723. The van der Waals surface area contributed by atoms with Crippen LogP contribution in [0.3, 0.4) is 0 Å². The van der Waals surface area contributed by atoms with Crippen molar-refractivity contribution in [3.8, 4) is 0 Å². The molecule has 0 saturated carbocycles. The van der Waals surface area contributed by atoms with Gasteiger partial charge in [0.15, 0.2) is 0 Å². The molecule has 6 heteroatoms. The molecule has 2 aliphatic rings. The summed E-state index contributed by atoms with van der Waals surface area (Å²) in [4.78, 5) is 32.5. The number of nitrogens with zero attached hydrogens (tertiary/aromatic N) is 4. The quantitative estimate of drug-likeness (QED) is 0.788. The Morgan fingerprint density at radius 1 is 1.33 bits per heavy atom. The van der Waals surface area contributed by atoms with Crippen molar-refractivity contribution in [3.05, 3.63) is 36.4 Å². The Morgan fingerprint density at radius 3 is 3.14 bits per heavy atom. The molecule has 1 unspecified atom stereocenters. The van der Waals surface area contributed by atoms with Crippen LogP contribution in [0.1, 0.15) is 29.8 Å². The molecular weight excluding hydrogens is 268 g/mol. The van der Waals surface area contributed by atoms with Crippen LogP contribution in [0.4, 0.5) is 0 Å². The van der Waals surface area contributed by atoms with Crippen LogP contribution in [0.25, 0.3) is 5.52 Å². The van der Waals surface area contributed by atoms with Gasteiger partial charge in [0.05, 0.1) is 6.33 Å². The van der Waals surface area contributed by atoms with Crippen LogP contribution >= 0.6 is 0 Å². The summed E-state index contributed by atoms with van der Waals surface area (Å²) in [6, 6.07) is 5.67. The summed E-state index contributed by atoms with van der Waals surface area (Å²) in [5.74, 6) is 0.0830. The molecular formula is C15H16N4O2. The van der Waals surface area contributed by atoms with E-state index in [2.05, 4.69) is 4.98 Å². The van der Waals surface area contributed by atoms with E-state index in [9.17, 15) is 9.59 Å². The van der Waals surface area contributed by atoms with Crippen LogP contribution in [0, 0.1) is 0 Å².